The zero-order chi connectivity index (χ0) is 18.6. The molecule has 1 aliphatic heterocycles. The van der Waals surface area contributed by atoms with E-state index in [0.717, 1.165) is 0 Å². The Hall–Kier alpha value is -2.45. The summed E-state index contributed by atoms with van der Waals surface area (Å²) in [5.41, 5.74) is 0. The largest absolute Gasteiger partial charge is 0.497 e. The minimum Gasteiger partial charge on any atom is -0.497 e. The van der Waals surface area contributed by atoms with Crippen LogP contribution in [0.3, 0.4) is 0 Å². The van der Waals surface area contributed by atoms with Gasteiger partial charge in [0.25, 0.3) is 0 Å². The molecule has 0 aliphatic carbocycles. The van der Waals surface area contributed by atoms with Gasteiger partial charge in [0, 0.05) is 19.3 Å². The molecule has 2 heterocycles. The highest BCUT2D eigenvalue weighted by Crippen LogP contribution is 2.25. The van der Waals surface area contributed by atoms with Gasteiger partial charge in [-0.2, -0.15) is 4.31 Å². The topological polar surface area (TPSA) is 88.6 Å². The number of hydrogen-bond donors (Lipinski definition) is 1. The number of nitrogens with zero attached hydrogens (tertiary/aromatic N) is 2. The van der Waals surface area contributed by atoms with Crippen molar-refractivity contribution in [3.63, 3.8) is 0 Å². The van der Waals surface area contributed by atoms with Crippen molar-refractivity contribution in [3.8, 4) is 5.75 Å². The smallest absolute Gasteiger partial charge is 0.243 e. The van der Waals surface area contributed by atoms with E-state index in [1.165, 1.54) is 23.5 Å². The zero-order valence-corrected chi connectivity index (χ0v) is 15.3. The van der Waals surface area contributed by atoms with Crippen LogP contribution in [0.15, 0.2) is 53.6 Å². The second-order valence-electron chi connectivity index (χ2n) is 6.08. The molecule has 26 heavy (non-hydrogen) atoms. The Morgan fingerprint density at radius 2 is 2.00 bits per heavy atom. The molecule has 1 saturated heterocycles. The first kappa shape index (κ1) is 18.3. The summed E-state index contributed by atoms with van der Waals surface area (Å²) in [5, 5.41) is 2.75. The third-order valence-electron chi connectivity index (χ3n) is 4.37. The maximum Gasteiger partial charge on any atom is 0.243 e. The minimum atomic E-state index is -3.64. The van der Waals surface area contributed by atoms with Crippen LogP contribution in [0.4, 0.5) is 5.82 Å². The number of nitrogens with one attached hydrogen (secondary N) is 1. The van der Waals surface area contributed by atoms with E-state index in [2.05, 4.69) is 10.3 Å². The summed E-state index contributed by atoms with van der Waals surface area (Å²) >= 11 is 0. The number of aromatic nitrogens is 1. The van der Waals surface area contributed by atoms with E-state index in [4.69, 9.17) is 4.74 Å². The van der Waals surface area contributed by atoms with Crippen molar-refractivity contribution in [2.75, 3.05) is 25.5 Å². The number of pyridine rings is 1. The lowest BCUT2D eigenvalue weighted by molar-refractivity contribution is -0.120. The number of anilines is 1. The molecule has 0 saturated carbocycles. The molecular weight excluding hydrogens is 354 g/mol. The normalized spacial score (nSPS) is 18.3. The predicted molar refractivity (Wildman–Crippen MR) is 97.3 cm³/mol. The highest BCUT2D eigenvalue weighted by Gasteiger charge is 2.33. The molecule has 1 fully saturated rings. The fourth-order valence-electron chi connectivity index (χ4n) is 2.94. The first-order valence-electron chi connectivity index (χ1n) is 8.37. The number of carbonyl (C=O) groups is 1. The van der Waals surface area contributed by atoms with Crippen LogP contribution in [-0.4, -0.2) is 43.8 Å². The Morgan fingerprint density at radius 1 is 1.23 bits per heavy atom. The molecule has 1 aliphatic rings. The van der Waals surface area contributed by atoms with Gasteiger partial charge in [0.2, 0.25) is 15.9 Å². The number of amides is 1. The van der Waals surface area contributed by atoms with Crippen LogP contribution in [0.25, 0.3) is 0 Å². The van der Waals surface area contributed by atoms with Crippen molar-refractivity contribution in [3.05, 3.63) is 48.7 Å². The molecule has 2 aromatic rings. The Bertz CT molecular complexity index is 854. The fourth-order valence-corrected chi connectivity index (χ4v) is 4.46. The molecular formula is C18H21N3O4S. The maximum absolute atomic E-state index is 12.9. The molecule has 0 bridgehead atoms. The summed E-state index contributed by atoms with van der Waals surface area (Å²) in [6.07, 6.45) is 2.87. The van der Waals surface area contributed by atoms with Crippen LogP contribution >= 0.6 is 0 Å². The van der Waals surface area contributed by atoms with E-state index >= 15 is 0 Å². The van der Waals surface area contributed by atoms with Crippen molar-refractivity contribution < 1.29 is 17.9 Å². The van der Waals surface area contributed by atoms with Crippen molar-refractivity contribution >= 4 is 21.7 Å². The van der Waals surface area contributed by atoms with Gasteiger partial charge in [0.1, 0.15) is 11.6 Å². The number of piperidine rings is 1. The minimum absolute atomic E-state index is 0.160. The van der Waals surface area contributed by atoms with Gasteiger partial charge in [-0.25, -0.2) is 13.4 Å². The second kappa shape index (κ2) is 7.84. The molecule has 1 aromatic heterocycles. The highest BCUT2D eigenvalue weighted by atomic mass is 32.2. The summed E-state index contributed by atoms with van der Waals surface area (Å²) in [4.78, 5) is 16.7. The van der Waals surface area contributed by atoms with E-state index < -0.39 is 15.9 Å². The van der Waals surface area contributed by atoms with Crippen LogP contribution in [0.2, 0.25) is 0 Å². The SMILES string of the molecule is COc1ccc(S(=O)(=O)N2CCC[C@H](C(=O)Nc3ccccn3)C2)cc1. The number of carbonyl (C=O) groups excluding carboxylic acids is 1. The van der Waals surface area contributed by atoms with Gasteiger partial charge >= 0.3 is 0 Å². The van der Waals surface area contributed by atoms with Crippen molar-refractivity contribution in [1.82, 2.24) is 9.29 Å². The van der Waals surface area contributed by atoms with Crippen molar-refractivity contribution in [2.24, 2.45) is 5.92 Å². The maximum atomic E-state index is 12.9. The molecule has 8 heteroatoms. The third kappa shape index (κ3) is 4.03. The number of sulfonamides is 1. The lowest BCUT2D eigenvalue weighted by Crippen LogP contribution is -2.43. The lowest BCUT2D eigenvalue weighted by Gasteiger charge is -2.31. The second-order valence-corrected chi connectivity index (χ2v) is 8.02. The van der Waals surface area contributed by atoms with Crippen LogP contribution < -0.4 is 10.1 Å². The van der Waals surface area contributed by atoms with Gasteiger partial charge in [-0.3, -0.25) is 4.79 Å². The molecule has 1 atom stereocenters. The molecule has 0 unspecified atom stereocenters. The predicted octanol–water partition coefficient (Wildman–Crippen LogP) is 2.13. The number of hydrogen-bond acceptors (Lipinski definition) is 5. The quantitative estimate of drug-likeness (QED) is 0.865. The van der Waals surface area contributed by atoms with E-state index in [9.17, 15) is 13.2 Å². The molecule has 0 radical (unpaired) electrons. The summed E-state index contributed by atoms with van der Waals surface area (Å²) in [6, 6.07) is 11.5. The van der Waals surface area contributed by atoms with Crippen LogP contribution in [0, 0.1) is 5.92 Å². The summed E-state index contributed by atoms with van der Waals surface area (Å²) in [6.45, 7) is 0.564. The molecule has 138 valence electrons. The molecule has 7 nitrogen and oxygen atoms in total. The summed E-state index contributed by atoms with van der Waals surface area (Å²) < 4.78 is 32.1. The summed E-state index contributed by atoms with van der Waals surface area (Å²) in [7, 11) is -2.12. The van der Waals surface area contributed by atoms with Crippen molar-refractivity contribution in [2.45, 2.75) is 17.7 Å². The highest BCUT2D eigenvalue weighted by molar-refractivity contribution is 7.89. The molecule has 1 N–H and O–H groups in total. The lowest BCUT2D eigenvalue weighted by atomic mass is 9.99. The van der Waals surface area contributed by atoms with Crippen LogP contribution in [0.1, 0.15) is 12.8 Å². The van der Waals surface area contributed by atoms with Crippen LogP contribution in [-0.2, 0) is 14.8 Å². The van der Waals surface area contributed by atoms with Crippen LogP contribution in [0.5, 0.6) is 5.75 Å². The number of benzene rings is 1. The van der Waals surface area contributed by atoms with E-state index in [1.54, 1.807) is 36.5 Å². The van der Waals surface area contributed by atoms with Gasteiger partial charge < -0.3 is 10.1 Å². The number of rotatable bonds is 5. The average Bonchev–Trinajstić information content (AvgIpc) is 2.69. The zero-order valence-electron chi connectivity index (χ0n) is 14.5. The third-order valence-corrected chi connectivity index (χ3v) is 6.25. The Balaban J connectivity index is 1.71. The standard InChI is InChI=1S/C18H21N3O4S/c1-25-15-7-9-16(10-8-15)26(23,24)21-12-4-5-14(13-21)18(22)20-17-6-2-3-11-19-17/h2-3,6-11,14H,4-5,12-13H2,1H3,(H,19,20,22)/t14-/m0/s1. The number of ether oxygens (including phenoxy) is 1. The fraction of sp³-hybridized carbons (Fsp3) is 0.333. The van der Waals surface area contributed by atoms with E-state index in [0.29, 0.717) is 31.0 Å². The molecule has 0 spiro atoms. The van der Waals surface area contributed by atoms with Gasteiger partial charge in [-0.05, 0) is 49.2 Å². The Morgan fingerprint density at radius 3 is 2.65 bits per heavy atom. The van der Waals surface area contributed by atoms with Crippen molar-refractivity contribution in [1.29, 1.82) is 0 Å². The monoisotopic (exact) mass is 375 g/mol. The number of methoxy groups -OCH3 is 1. The Kier molecular flexibility index (Phi) is 5.53. The molecule has 1 aromatic carbocycles. The molecule has 1 amide bonds. The van der Waals surface area contributed by atoms with Gasteiger partial charge in [0.05, 0.1) is 17.9 Å². The first-order valence-corrected chi connectivity index (χ1v) is 9.81. The van der Waals surface area contributed by atoms with Gasteiger partial charge in [0.15, 0.2) is 0 Å². The first-order chi connectivity index (χ1) is 12.5. The van der Waals surface area contributed by atoms with E-state index in [1.807, 2.05) is 0 Å². The van der Waals surface area contributed by atoms with Gasteiger partial charge in [-0.1, -0.05) is 6.07 Å². The van der Waals surface area contributed by atoms with Gasteiger partial charge in [-0.15, -0.1) is 0 Å². The molecule has 3 rings (SSSR count). The van der Waals surface area contributed by atoms with E-state index in [-0.39, 0.29) is 17.3 Å². The summed E-state index contributed by atoms with van der Waals surface area (Å²) in [5.74, 6) is 0.444. The Labute approximate surface area is 153 Å². The average molecular weight is 375 g/mol.